The lowest BCUT2D eigenvalue weighted by atomic mass is 10.0. The molecule has 0 aliphatic heterocycles. The smallest absolute Gasteiger partial charge is 0.225 e. The second kappa shape index (κ2) is 7.60. The Labute approximate surface area is 154 Å². The molecule has 0 fully saturated rings. The minimum Gasteiger partial charge on any atom is -0.497 e. The highest BCUT2D eigenvalue weighted by atomic mass is 16.5. The predicted octanol–water partition coefficient (Wildman–Crippen LogP) is 3.64. The van der Waals surface area contributed by atoms with Gasteiger partial charge in [0, 0.05) is 7.05 Å². The van der Waals surface area contributed by atoms with Crippen molar-refractivity contribution in [3.8, 4) is 5.75 Å². The molecule has 0 aliphatic carbocycles. The number of carbonyl (C=O) groups is 1. The summed E-state index contributed by atoms with van der Waals surface area (Å²) in [6.07, 6.45) is 0.331. The van der Waals surface area contributed by atoms with Crippen LogP contribution in [0.2, 0.25) is 0 Å². The molecule has 0 aliphatic rings. The van der Waals surface area contributed by atoms with Crippen LogP contribution in [0.3, 0.4) is 0 Å². The van der Waals surface area contributed by atoms with Crippen molar-refractivity contribution < 1.29 is 9.53 Å². The molecule has 1 amide bonds. The fourth-order valence-corrected chi connectivity index (χ4v) is 3.12. The van der Waals surface area contributed by atoms with Crippen molar-refractivity contribution in [2.75, 3.05) is 7.11 Å². The fraction of sp³-hybridized carbons (Fsp3) is 0.333. The van der Waals surface area contributed by atoms with Crippen LogP contribution in [0.25, 0.3) is 11.0 Å². The molecule has 0 saturated heterocycles. The zero-order valence-corrected chi connectivity index (χ0v) is 15.7. The van der Waals surface area contributed by atoms with Gasteiger partial charge in [0.2, 0.25) is 5.91 Å². The van der Waals surface area contributed by atoms with Crippen LogP contribution in [0.5, 0.6) is 5.75 Å². The van der Waals surface area contributed by atoms with E-state index in [9.17, 15) is 4.79 Å². The van der Waals surface area contributed by atoms with E-state index in [4.69, 9.17) is 9.72 Å². The third-order valence-electron chi connectivity index (χ3n) is 4.61. The average molecular weight is 351 g/mol. The number of ether oxygens (including phenoxy) is 1. The van der Waals surface area contributed by atoms with Gasteiger partial charge in [0.25, 0.3) is 0 Å². The molecule has 3 aromatic rings. The van der Waals surface area contributed by atoms with Crippen molar-refractivity contribution >= 4 is 16.9 Å². The second-order valence-electron chi connectivity index (χ2n) is 6.83. The molecule has 1 unspecified atom stereocenters. The maximum Gasteiger partial charge on any atom is 0.225 e. The van der Waals surface area contributed by atoms with E-state index in [0.717, 1.165) is 28.2 Å². The Morgan fingerprint density at radius 3 is 2.46 bits per heavy atom. The van der Waals surface area contributed by atoms with E-state index in [1.165, 1.54) is 0 Å². The van der Waals surface area contributed by atoms with Gasteiger partial charge in [-0.15, -0.1) is 0 Å². The molecule has 0 saturated carbocycles. The molecule has 5 heteroatoms. The highest BCUT2D eigenvalue weighted by Gasteiger charge is 2.23. The Bertz CT molecular complexity index is 897. The van der Waals surface area contributed by atoms with Gasteiger partial charge in [-0.1, -0.05) is 38.1 Å². The Balaban J connectivity index is 1.79. The number of aromatic nitrogens is 2. The number of nitrogens with one attached hydrogen (secondary N) is 1. The number of hydrogen-bond donors (Lipinski definition) is 1. The van der Waals surface area contributed by atoms with Crippen LogP contribution >= 0.6 is 0 Å². The third-order valence-corrected chi connectivity index (χ3v) is 4.61. The number of fused-ring (bicyclic) bond motifs is 1. The normalized spacial score (nSPS) is 12.3. The SMILES string of the molecule is COc1ccc(CC(=O)NC(c2nc3ccccc3n2C)C(C)C)cc1. The number of aryl methyl sites for hydroxylation is 1. The maximum absolute atomic E-state index is 12.6. The Hall–Kier alpha value is -2.82. The Morgan fingerprint density at radius 2 is 1.85 bits per heavy atom. The summed E-state index contributed by atoms with van der Waals surface area (Å²) >= 11 is 0. The molecule has 1 aromatic heterocycles. The van der Waals surface area contributed by atoms with Crippen LogP contribution in [-0.2, 0) is 18.3 Å². The lowest BCUT2D eigenvalue weighted by Gasteiger charge is -2.22. The standard InChI is InChI=1S/C21H25N3O2/c1-14(2)20(21-22-17-7-5-6-8-18(17)24(21)3)23-19(25)13-15-9-11-16(26-4)12-10-15/h5-12,14,20H,13H2,1-4H3,(H,23,25). The summed E-state index contributed by atoms with van der Waals surface area (Å²) in [5.41, 5.74) is 2.97. The summed E-state index contributed by atoms with van der Waals surface area (Å²) in [7, 11) is 3.63. The number of benzene rings is 2. The summed E-state index contributed by atoms with van der Waals surface area (Å²) in [5.74, 6) is 1.88. The molecule has 26 heavy (non-hydrogen) atoms. The van der Waals surface area contributed by atoms with Crippen LogP contribution in [0, 0.1) is 5.92 Å². The summed E-state index contributed by atoms with van der Waals surface area (Å²) in [4.78, 5) is 17.4. The molecule has 1 atom stereocenters. The summed E-state index contributed by atoms with van der Waals surface area (Å²) < 4.78 is 7.22. The van der Waals surface area contributed by atoms with Crippen molar-refractivity contribution in [1.29, 1.82) is 0 Å². The van der Waals surface area contributed by atoms with Crippen molar-refractivity contribution in [3.63, 3.8) is 0 Å². The van der Waals surface area contributed by atoms with Crippen LogP contribution in [0.4, 0.5) is 0 Å². The topological polar surface area (TPSA) is 56.1 Å². The number of nitrogens with zero attached hydrogens (tertiary/aromatic N) is 2. The van der Waals surface area contributed by atoms with Crippen LogP contribution in [0.1, 0.15) is 31.3 Å². The largest absolute Gasteiger partial charge is 0.497 e. The number of rotatable bonds is 6. The molecule has 0 spiro atoms. The van der Waals surface area contributed by atoms with E-state index in [1.54, 1.807) is 7.11 Å². The summed E-state index contributed by atoms with van der Waals surface area (Å²) in [6.45, 7) is 4.19. The monoisotopic (exact) mass is 351 g/mol. The van der Waals surface area contributed by atoms with Gasteiger partial charge in [0.1, 0.15) is 11.6 Å². The number of hydrogen-bond acceptors (Lipinski definition) is 3. The number of methoxy groups -OCH3 is 1. The number of imidazole rings is 1. The lowest BCUT2D eigenvalue weighted by Crippen LogP contribution is -2.34. The van der Waals surface area contributed by atoms with Crippen LogP contribution in [-0.4, -0.2) is 22.6 Å². The van der Waals surface area contributed by atoms with Crippen molar-refractivity contribution in [1.82, 2.24) is 14.9 Å². The molecule has 0 radical (unpaired) electrons. The molecular formula is C21H25N3O2. The van der Waals surface area contributed by atoms with E-state index in [0.29, 0.717) is 6.42 Å². The summed E-state index contributed by atoms with van der Waals surface area (Å²) in [6, 6.07) is 15.4. The quantitative estimate of drug-likeness (QED) is 0.738. The minimum absolute atomic E-state index is 0.0130. The number of carbonyl (C=O) groups excluding carboxylic acids is 1. The van der Waals surface area contributed by atoms with Gasteiger partial charge >= 0.3 is 0 Å². The lowest BCUT2D eigenvalue weighted by molar-refractivity contribution is -0.121. The molecule has 0 bridgehead atoms. The average Bonchev–Trinajstić information content (AvgIpc) is 2.97. The van der Waals surface area contributed by atoms with Crippen molar-refractivity contribution in [2.24, 2.45) is 13.0 Å². The predicted molar refractivity (Wildman–Crippen MR) is 103 cm³/mol. The van der Waals surface area contributed by atoms with Gasteiger partial charge in [-0.3, -0.25) is 4.79 Å². The molecular weight excluding hydrogens is 326 g/mol. The van der Waals surface area contributed by atoms with Crippen molar-refractivity contribution in [2.45, 2.75) is 26.3 Å². The number of para-hydroxylation sites is 2. The molecule has 5 nitrogen and oxygen atoms in total. The van der Waals surface area contributed by atoms with E-state index < -0.39 is 0 Å². The van der Waals surface area contributed by atoms with Gasteiger partial charge < -0.3 is 14.6 Å². The fourth-order valence-electron chi connectivity index (χ4n) is 3.12. The first-order chi connectivity index (χ1) is 12.5. The zero-order valence-electron chi connectivity index (χ0n) is 15.7. The highest BCUT2D eigenvalue weighted by molar-refractivity contribution is 5.80. The molecule has 1 heterocycles. The Kier molecular flexibility index (Phi) is 5.26. The highest BCUT2D eigenvalue weighted by Crippen LogP contribution is 2.25. The first kappa shape index (κ1) is 18.0. The van der Waals surface area contributed by atoms with E-state index in [2.05, 4.69) is 23.7 Å². The number of amides is 1. The second-order valence-corrected chi connectivity index (χ2v) is 6.83. The molecule has 1 N–H and O–H groups in total. The van der Waals surface area contributed by atoms with Gasteiger partial charge in [-0.2, -0.15) is 0 Å². The van der Waals surface area contributed by atoms with E-state index in [-0.39, 0.29) is 17.9 Å². The molecule has 3 rings (SSSR count). The van der Waals surface area contributed by atoms with Gasteiger partial charge in [0.15, 0.2) is 0 Å². The first-order valence-electron chi connectivity index (χ1n) is 8.83. The Morgan fingerprint density at radius 1 is 1.15 bits per heavy atom. The minimum atomic E-state index is -0.141. The maximum atomic E-state index is 12.6. The van der Waals surface area contributed by atoms with Crippen LogP contribution in [0.15, 0.2) is 48.5 Å². The molecule has 2 aromatic carbocycles. The van der Waals surface area contributed by atoms with Crippen molar-refractivity contribution in [3.05, 3.63) is 59.9 Å². The van der Waals surface area contributed by atoms with Gasteiger partial charge in [-0.25, -0.2) is 4.98 Å². The van der Waals surface area contributed by atoms with Gasteiger partial charge in [-0.05, 0) is 35.7 Å². The van der Waals surface area contributed by atoms with E-state index in [1.807, 2.05) is 55.6 Å². The van der Waals surface area contributed by atoms with E-state index >= 15 is 0 Å². The first-order valence-corrected chi connectivity index (χ1v) is 8.83. The third kappa shape index (κ3) is 3.72. The molecule has 136 valence electrons. The summed E-state index contributed by atoms with van der Waals surface area (Å²) in [5, 5.41) is 3.16. The zero-order chi connectivity index (χ0) is 18.7. The van der Waals surface area contributed by atoms with Gasteiger partial charge in [0.05, 0.1) is 30.6 Å². The van der Waals surface area contributed by atoms with Crippen LogP contribution < -0.4 is 10.1 Å².